The highest BCUT2D eigenvalue weighted by molar-refractivity contribution is 8.77. The molecule has 5 N–H and O–H groups in total. The molecular formula is C42H60N10O11S4. The van der Waals surface area contributed by atoms with Gasteiger partial charge in [-0.2, -0.15) is 0 Å². The fourth-order valence-electron chi connectivity index (χ4n) is 4.14. The number of hydrogen-bond acceptors (Lipinski definition) is 17. The number of carbonyl (C=O) groups excluding carboxylic acids is 2. The van der Waals surface area contributed by atoms with Crippen LogP contribution in [0.15, 0.2) is 83.0 Å². The number of carboxylic acid groups (broad SMARTS) is 2. The Kier molecular flexibility index (Phi) is 31.1. The van der Waals surface area contributed by atoms with Crippen molar-refractivity contribution < 1.29 is 48.5 Å². The van der Waals surface area contributed by atoms with Gasteiger partial charge < -0.3 is 40.4 Å². The Bertz CT molecular complexity index is 2050. The lowest BCUT2D eigenvalue weighted by Gasteiger charge is -2.19. The fourth-order valence-corrected chi connectivity index (χ4v) is 9.01. The maximum atomic E-state index is 11.8. The van der Waals surface area contributed by atoms with Gasteiger partial charge in [0.2, 0.25) is 0 Å². The number of alkyl carbamates (subject to hydrolysis) is 1. The zero-order valence-electron chi connectivity index (χ0n) is 38.9. The highest BCUT2D eigenvalue weighted by Crippen LogP contribution is 2.36. The molecule has 368 valence electrons. The monoisotopic (exact) mass is 1010 g/mol. The van der Waals surface area contributed by atoms with E-state index in [1.54, 1.807) is 70.1 Å². The van der Waals surface area contributed by atoms with E-state index in [2.05, 4.69) is 71.8 Å². The minimum absolute atomic E-state index is 0.00398. The molecule has 1 amide bonds. The molecule has 0 saturated carbocycles. The van der Waals surface area contributed by atoms with Crippen molar-refractivity contribution in [1.29, 1.82) is 0 Å². The first-order valence-corrected chi connectivity index (χ1v) is 25.0. The van der Waals surface area contributed by atoms with E-state index in [1.807, 2.05) is 20.8 Å². The van der Waals surface area contributed by atoms with Crippen LogP contribution in [-0.2, 0) is 32.3 Å². The van der Waals surface area contributed by atoms with Gasteiger partial charge in [0.05, 0.1) is 4.92 Å². The number of ether oxygens (including phenoxy) is 3. The molecule has 0 spiro atoms. The van der Waals surface area contributed by atoms with Crippen LogP contribution in [0, 0.1) is 10.1 Å². The molecule has 2 atom stereocenters. The number of benzene rings is 3. The highest BCUT2D eigenvalue weighted by Gasteiger charge is 2.23. The van der Waals surface area contributed by atoms with Gasteiger partial charge in [0.15, 0.2) is 0 Å². The van der Waals surface area contributed by atoms with E-state index in [-0.39, 0.29) is 39.9 Å². The first-order chi connectivity index (χ1) is 31.5. The Morgan fingerprint density at radius 1 is 0.746 bits per heavy atom. The smallest absolute Gasteiger partial charge is 0.480 e. The Labute approximate surface area is 406 Å². The molecule has 3 aromatic rings. The molecule has 0 aliphatic heterocycles. The molecule has 0 heterocycles. The number of hydrogen-bond donors (Lipinski definition) is 4. The largest absolute Gasteiger partial charge is 0.514 e. The Morgan fingerprint density at radius 2 is 1.18 bits per heavy atom. The molecule has 0 unspecified atom stereocenters. The highest BCUT2D eigenvalue weighted by atomic mass is 33.1. The zero-order valence-corrected chi connectivity index (χ0v) is 42.2. The number of amides is 1. The number of rotatable bonds is 20. The Balaban J connectivity index is 0.000000951. The Hall–Kier alpha value is -5.52. The zero-order chi connectivity index (χ0) is 51.0. The Morgan fingerprint density at radius 3 is 1.54 bits per heavy atom. The van der Waals surface area contributed by atoms with Crippen LogP contribution in [0.4, 0.5) is 26.7 Å². The summed E-state index contributed by atoms with van der Waals surface area (Å²) in [4.78, 5) is 62.5. The maximum Gasteiger partial charge on any atom is 0.514 e. The average molecular weight is 1010 g/mol. The molecule has 0 aliphatic carbocycles. The van der Waals surface area contributed by atoms with E-state index in [4.69, 9.17) is 36.1 Å². The number of nitrogens with one attached hydrogen (secondary N) is 1. The summed E-state index contributed by atoms with van der Waals surface area (Å²) in [5.74, 6) is -1.22. The molecule has 0 saturated heterocycles. The SMILES string of the molecule is CC(C)(C)SSC[C@H](N)C(=O)O.CC(C)(C)SSC[C@H](NC(=O)OCc1ccc(N=[N+]=[N-])cc1)C(=O)O.CCN(CC)CC.[N-]=[N+]=Nc1ccc(COC(=O)Oc2ccc([N+](=O)[O-])cc2)cc1. The molecule has 0 fully saturated rings. The lowest BCUT2D eigenvalue weighted by atomic mass is 10.2. The van der Waals surface area contributed by atoms with Crippen LogP contribution in [0.3, 0.4) is 0 Å². The number of nitro benzene ring substituents is 1. The van der Waals surface area contributed by atoms with Crippen molar-refractivity contribution >= 4 is 84.4 Å². The van der Waals surface area contributed by atoms with Crippen molar-refractivity contribution in [1.82, 2.24) is 10.2 Å². The maximum absolute atomic E-state index is 11.8. The first-order valence-electron chi connectivity index (χ1n) is 20.3. The number of nitrogens with two attached hydrogens (primary N) is 1. The van der Waals surface area contributed by atoms with Gasteiger partial charge in [0, 0.05) is 54.3 Å². The van der Waals surface area contributed by atoms with Crippen LogP contribution in [0.1, 0.15) is 73.4 Å². The number of azide groups is 2. The van der Waals surface area contributed by atoms with E-state index in [0.29, 0.717) is 28.3 Å². The van der Waals surface area contributed by atoms with Crippen molar-refractivity contribution in [3.05, 3.63) is 115 Å². The van der Waals surface area contributed by atoms with E-state index in [9.17, 15) is 34.4 Å². The quantitative estimate of drug-likeness (QED) is 0.0119. The predicted octanol–water partition coefficient (Wildman–Crippen LogP) is 11.7. The second-order valence-electron chi connectivity index (χ2n) is 15.2. The van der Waals surface area contributed by atoms with Gasteiger partial charge in [-0.3, -0.25) is 14.9 Å². The summed E-state index contributed by atoms with van der Waals surface area (Å²) >= 11 is 0. The van der Waals surface area contributed by atoms with Gasteiger partial charge in [-0.15, -0.1) is 0 Å². The summed E-state index contributed by atoms with van der Waals surface area (Å²) < 4.78 is 15.0. The molecule has 25 heteroatoms. The summed E-state index contributed by atoms with van der Waals surface area (Å²) in [6.07, 6.45) is -1.73. The molecule has 67 heavy (non-hydrogen) atoms. The number of nitro groups is 1. The van der Waals surface area contributed by atoms with Crippen LogP contribution in [-0.4, -0.2) is 96.9 Å². The van der Waals surface area contributed by atoms with Gasteiger partial charge in [-0.1, -0.05) is 164 Å². The van der Waals surface area contributed by atoms with Gasteiger partial charge in [0.1, 0.15) is 31.0 Å². The van der Waals surface area contributed by atoms with Crippen LogP contribution >= 0.6 is 43.2 Å². The topological polar surface area (TPSA) is 318 Å². The van der Waals surface area contributed by atoms with E-state index >= 15 is 0 Å². The molecule has 21 nitrogen and oxygen atoms in total. The molecule has 0 aromatic heterocycles. The van der Waals surface area contributed by atoms with Crippen LogP contribution in [0.25, 0.3) is 20.9 Å². The minimum Gasteiger partial charge on any atom is -0.480 e. The first kappa shape index (κ1) is 61.5. The molecule has 3 aromatic carbocycles. The fraction of sp³-hybridized carbons (Fsp3) is 0.476. The summed E-state index contributed by atoms with van der Waals surface area (Å²) in [5, 5.41) is 37.4. The summed E-state index contributed by atoms with van der Waals surface area (Å²) in [6, 6.07) is 16.2. The van der Waals surface area contributed by atoms with Crippen molar-refractivity contribution in [2.24, 2.45) is 16.0 Å². The van der Waals surface area contributed by atoms with Gasteiger partial charge in [0.25, 0.3) is 5.69 Å². The third-order valence-corrected chi connectivity index (χ3v) is 14.2. The standard InChI is InChI=1S/C15H20N4O4S2.C14H10N4O5.C7H15NO2S2.C6H15N/c1-15(2,3)25-24-9-12(13(20)21)17-14(22)23-8-10-4-6-11(7-5-10)18-19-16;15-17-16-11-3-1-10(2-4-11)9-22-14(19)23-13-7-5-12(6-8-13)18(20)21;1-7(2,3)12-11-4-5(8)6(9)10;1-4-7(5-2)6-3/h4-7,12H,8-9H2,1-3H3,(H,17,22)(H,20,21);1-8H,9H2;5H,4,8H2,1-3H3,(H,9,10);4-6H2,1-3H3/t12-;;5-;/m0.0./s1. The minimum atomic E-state index is -1.11. The van der Waals surface area contributed by atoms with Crippen LogP contribution in [0.5, 0.6) is 5.75 Å². The molecular weight excluding hydrogens is 949 g/mol. The van der Waals surface area contributed by atoms with Crippen molar-refractivity contribution in [3.8, 4) is 5.75 Å². The number of nitrogens with zero attached hydrogens (tertiary/aromatic N) is 8. The number of non-ortho nitro benzene ring substituents is 1. The summed E-state index contributed by atoms with van der Waals surface area (Å²) in [6.45, 7) is 22.4. The van der Waals surface area contributed by atoms with E-state index in [1.165, 1.54) is 65.5 Å². The van der Waals surface area contributed by atoms with Crippen molar-refractivity contribution in [3.63, 3.8) is 0 Å². The van der Waals surface area contributed by atoms with E-state index < -0.39 is 41.2 Å². The third kappa shape index (κ3) is 31.9. The van der Waals surface area contributed by atoms with Gasteiger partial charge in [-0.05, 0) is 54.0 Å². The van der Waals surface area contributed by atoms with Crippen LogP contribution < -0.4 is 15.8 Å². The molecule has 0 radical (unpaired) electrons. The van der Waals surface area contributed by atoms with Crippen LogP contribution in [0.2, 0.25) is 0 Å². The third-order valence-electron chi connectivity index (χ3n) is 7.52. The number of carbonyl (C=O) groups is 4. The molecule has 0 bridgehead atoms. The van der Waals surface area contributed by atoms with Crippen molar-refractivity contribution in [2.45, 2.75) is 97.1 Å². The molecule has 0 aliphatic rings. The summed E-state index contributed by atoms with van der Waals surface area (Å²) in [7, 11) is 6.09. The average Bonchev–Trinajstić information content (AvgIpc) is 3.26. The second-order valence-corrected chi connectivity index (χ2v) is 21.6. The number of carboxylic acids is 2. The lowest BCUT2D eigenvalue weighted by molar-refractivity contribution is -0.384. The molecule has 3 rings (SSSR count). The lowest BCUT2D eigenvalue weighted by Crippen LogP contribution is -2.42. The summed E-state index contributed by atoms with van der Waals surface area (Å²) in [5.41, 5.74) is 24.1. The normalized spacial score (nSPS) is 11.4. The predicted molar refractivity (Wildman–Crippen MR) is 268 cm³/mol. The van der Waals surface area contributed by atoms with Gasteiger partial charge >= 0.3 is 24.2 Å². The van der Waals surface area contributed by atoms with E-state index in [0.717, 1.165) is 0 Å². The second kappa shape index (κ2) is 33.9. The number of aliphatic carboxylic acids is 2. The van der Waals surface area contributed by atoms with Crippen molar-refractivity contribution in [2.75, 3.05) is 31.1 Å². The van der Waals surface area contributed by atoms with Gasteiger partial charge in [-0.25, -0.2) is 14.4 Å².